The predicted molar refractivity (Wildman–Crippen MR) is 53.0 cm³/mol. The Morgan fingerprint density at radius 1 is 1.64 bits per heavy atom. The summed E-state index contributed by atoms with van der Waals surface area (Å²) in [5.41, 5.74) is 4.46. The van der Waals surface area contributed by atoms with Crippen molar-refractivity contribution in [3.8, 4) is 0 Å². The van der Waals surface area contributed by atoms with Crippen LogP contribution in [0.5, 0.6) is 0 Å². The van der Waals surface area contributed by atoms with Gasteiger partial charge in [-0.05, 0) is 32.5 Å². The first-order valence-electron chi connectivity index (χ1n) is 3.32. The van der Waals surface area contributed by atoms with Crippen molar-refractivity contribution in [3.05, 3.63) is 25.4 Å². The molecule has 1 heterocycles. The van der Waals surface area contributed by atoms with Crippen LogP contribution in [0.1, 0.15) is 12.1 Å². The standard InChI is InChI=1S/C6H4F2IN3O2/c7-5(8)3-1-2(9)4(10)6(11-3)12(13)14/h1,5H,10H2. The van der Waals surface area contributed by atoms with Gasteiger partial charge in [0.1, 0.15) is 5.69 Å². The zero-order valence-corrected chi connectivity index (χ0v) is 8.73. The largest absolute Gasteiger partial charge is 0.391 e. The van der Waals surface area contributed by atoms with Gasteiger partial charge in [0, 0.05) is 9.64 Å². The molecule has 76 valence electrons. The van der Waals surface area contributed by atoms with E-state index in [0.29, 0.717) is 0 Å². The highest BCUT2D eigenvalue weighted by Gasteiger charge is 2.23. The summed E-state index contributed by atoms with van der Waals surface area (Å²) in [6, 6.07) is 1.02. The first-order valence-corrected chi connectivity index (χ1v) is 4.39. The third-order valence-corrected chi connectivity index (χ3v) is 2.30. The number of hydrogen-bond donors (Lipinski definition) is 1. The van der Waals surface area contributed by atoms with Gasteiger partial charge < -0.3 is 15.8 Å². The van der Waals surface area contributed by atoms with E-state index in [1.165, 1.54) is 0 Å². The summed E-state index contributed by atoms with van der Waals surface area (Å²) in [4.78, 5) is 12.6. The van der Waals surface area contributed by atoms with Crippen molar-refractivity contribution in [2.45, 2.75) is 6.43 Å². The van der Waals surface area contributed by atoms with E-state index in [9.17, 15) is 18.9 Å². The molecule has 0 radical (unpaired) electrons. The molecule has 0 fully saturated rings. The zero-order valence-electron chi connectivity index (χ0n) is 6.58. The van der Waals surface area contributed by atoms with Crippen molar-refractivity contribution in [3.63, 3.8) is 0 Å². The number of pyridine rings is 1. The summed E-state index contributed by atoms with van der Waals surface area (Å²) in [6.45, 7) is 0. The van der Waals surface area contributed by atoms with E-state index in [-0.39, 0.29) is 9.26 Å². The molecular weight excluding hydrogens is 311 g/mol. The summed E-state index contributed by atoms with van der Waals surface area (Å²) in [6.07, 6.45) is -2.84. The fourth-order valence-corrected chi connectivity index (χ4v) is 1.34. The maximum Gasteiger partial charge on any atom is 0.388 e. The van der Waals surface area contributed by atoms with Gasteiger partial charge in [0.2, 0.25) is 5.69 Å². The van der Waals surface area contributed by atoms with Crippen LogP contribution in [-0.2, 0) is 0 Å². The average molecular weight is 315 g/mol. The van der Waals surface area contributed by atoms with Crippen molar-refractivity contribution in [2.24, 2.45) is 0 Å². The highest BCUT2D eigenvalue weighted by Crippen LogP contribution is 2.28. The Hall–Kier alpha value is -1.06. The third-order valence-electron chi connectivity index (χ3n) is 1.40. The molecule has 0 atom stereocenters. The highest BCUT2D eigenvalue weighted by atomic mass is 127. The van der Waals surface area contributed by atoms with E-state index in [1.54, 1.807) is 22.6 Å². The summed E-state index contributed by atoms with van der Waals surface area (Å²) < 4.78 is 24.6. The van der Waals surface area contributed by atoms with Gasteiger partial charge in [-0.15, -0.1) is 0 Å². The second-order valence-electron chi connectivity index (χ2n) is 2.32. The van der Waals surface area contributed by atoms with Crippen LogP contribution in [0.2, 0.25) is 0 Å². The lowest BCUT2D eigenvalue weighted by atomic mass is 10.3. The molecule has 8 heteroatoms. The minimum Gasteiger partial charge on any atom is -0.391 e. The highest BCUT2D eigenvalue weighted by molar-refractivity contribution is 14.1. The Kier molecular flexibility index (Phi) is 3.13. The van der Waals surface area contributed by atoms with Crippen LogP contribution in [0.4, 0.5) is 20.3 Å². The normalized spacial score (nSPS) is 10.6. The molecule has 0 aromatic carbocycles. The Morgan fingerprint density at radius 2 is 2.21 bits per heavy atom. The Bertz CT molecular complexity index is 386. The van der Waals surface area contributed by atoms with Gasteiger partial charge in [-0.1, -0.05) is 0 Å². The lowest BCUT2D eigenvalue weighted by Crippen LogP contribution is -2.04. The van der Waals surface area contributed by atoms with Crippen molar-refractivity contribution < 1.29 is 13.7 Å². The van der Waals surface area contributed by atoms with Crippen molar-refractivity contribution in [2.75, 3.05) is 5.73 Å². The van der Waals surface area contributed by atoms with Crippen LogP contribution < -0.4 is 5.73 Å². The van der Waals surface area contributed by atoms with E-state index in [4.69, 9.17) is 5.73 Å². The number of nitro groups is 1. The van der Waals surface area contributed by atoms with E-state index >= 15 is 0 Å². The number of nitrogens with two attached hydrogens (primary N) is 1. The number of aromatic nitrogens is 1. The average Bonchev–Trinajstić information content (AvgIpc) is 2.08. The van der Waals surface area contributed by atoms with Gasteiger partial charge in [-0.25, -0.2) is 8.78 Å². The third kappa shape index (κ3) is 2.05. The molecule has 0 unspecified atom stereocenters. The number of nitrogen functional groups attached to an aromatic ring is 1. The summed E-state index contributed by atoms with van der Waals surface area (Å²) in [7, 11) is 0. The molecule has 0 aliphatic carbocycles. The van der Waals surface area contributed by atoms with Crippen LogP contribution in [0.15, 0.2) is 6.07 Å². The van der Waals surface area contributed by atoms with E-state index in [2.05, 4.69) is 4.98 Å². The molecule has 0 bridgehead atoms. The summed E-state index contributed by atoms with van der Waals surface area (Å²) >= 11 is 1.64. The van der Waals surface area contributed by atoms with Gasteiger partial charge in [0.25, 0.3) is 0 Å². The number of hydrogen-bond acceptors (Lipinski definition) is 4. The van der Waals surface area contributed by atoms with Crippen molar-refractivity contribution >= 4 is 34.1 Å². The quantitative estimate of drug-likeness (QED) is 0.515. The molecule has 1 rings (SSSR count). The van der Waals surface area contributed by atoms with E-state index in [1.807, 2.05) is 0 Å². The van der Waals surface area contributed by atoms with Gasteiger partial charge in [0.05, 0.1) is 0 Å². The van der Waals surface area contributed by atoms with Gasteiger partial charge >= 0.3 is 12.2 Å². The van der Waals surface area contributed by atoms with Crippen LogP contribution >= 0.6 is 22.6 Å². The second kappa shape index (κ2) is 3.98. The number of nitrogens with zero attached hydrogens (tertiary/aromatic N) is 2. The van der Waals surface area contributed by atoms with Gasteiger partial charge in [0.15, 0.2) is 0 Å². The molecule has 2 N–H and O–H groups in total. The first-order chi connectivity index (χ1) is 6.43. The van der Waals surface area contributed by atoms with Crippen molar-refractivity contribution in [1.82, 2.24) is 4.98 Å². The monoisotopic (exact) mass is 315 g/mol. The molecular formula is C6H4F2IN3O2. The van der Waals surface area contributed by atoms with Crippen molar-refractivity contribution in [1.29, 1.82) is 0 Å². The lowest BCUT2D eigenvalue weighted by molar-refractivity contribution is -0.388. The number of anilines is 1. The van der Waals surface area contributed by atoms with Crippen LogP contribution in [0.25, 0.3) is 0 Å². The van der Waals surface area contributed by atoms with Crippen LogP contribution in [0.3, 0.4) is 0 Å². The molecule has 14 heavy (non-hydrogen) atoms. The summed E-state index contributed by atoms with van der Waals surface area (Å²) in [5.74, 6) is -0.729. The maximum atomic E-state index is 12.2. The Balaban J connectivity index is 3.35. The Morgan fingerprint density at radius 3 is 2.64 bits per heavy atom. The number of rotatable bonds is 2. The van der Waals surface area contributed by atoms with Crippen LogP contribution in [-0.4, -0.2) is 9.91 Å². The topological polar surface area (TPSA) is 82.0 Å². The fourth-order valence-electron chi connectivity index (χ4n) is 0.780. The molecule has 0 aliphatic heterocycles. The SMILES string of the molecule is Nc1c(I)cc(C(F)F)nc1[N+](=O)[O-]. The minimum atomic E-state index is -2.84. The second-order valence-corrected chi connectivity index (χ2v) is 3.49. The molecule has 1 aromatic heterocycles. The predicted octanol–water partition coefficient (Wildman–Crippen LogP) is 2.11. The van der Waals surface area contributed by atoms with Gasteiger partial charge in [-0.2, -0.15) is 0 Å². The number of halogens is 3. The zero-order chi connectivity index (χ0) is 10.9. The lowest BCUT2D eigenvalue weighted by Gasteiger charge is -2.01. The maximum absolute atomic E-state index is 12.2. The Labute approximate surface area is 90.6 Å². The molecule has 1 aromatic rings. The number of alkyl halides is 2. The molecule has 0 saturated heterocycles. The van der Waals surface area contributed by atoms with Gasteiger partial charge in [-0.3, -0.25) is 0 Å². The molecule has 0 spiro atoms. The smallest absolute Gasteiger partial charge is 0.388 e. The minimum absolute atomic E-state index is 0.194. The van der Waals surface area contributed by atoms with E-state index in [0.717, 1.165) is 6.07 Å². The fraction of sp³-hybridized carbons (Fsp3) is 0.167. The summed E-state index contributed by atoms with van der Waals surface area (Å²) in [5, 5.41) is 10.4. The molecule has 5 nitrogen and oxygen atoms in total. The van der Waals surface area contributed by atoms with E-state index < -0.39 is 22.9 Å². The van der Waals surface area contributed by atoms with Crippen LogP contribution in [0, 0.1) is 13.7 Å². The first kappa shape index (κ1) is 11.0. The molecule has 0 saturated carbocycles. The molecule has 0 amide bonds. The molecule has 0 aliphatic rings.